The molecular weight excluding hydrogens is 262 g/mol. The van der Waals surface area contributed by atoms with Crippen LogP contribution in [-0.4, -0.2) is 39.5 Å². The van der Waals surface area contributed by atoms with Crippen molar-refractivity contribution in [1.82, 2.24) is 4.90 Å². The third-order valence-electron chi connectivity index (χ3n) is 3.08. The van der Waals surface area contributed by atoms with E-state index in [2.05, 4.69) is 31.1 Å². The van der Waals surface area contributed by atoms with E-state index in [1.54, 1.807) is 18.2 Å². The van der Waals surface area contributed by atoms with Crippen molar-refractivity contribution in [3.8, 4) is 0 Å². The standard InChI is InChI=1S/C13H23N3O2S/c1-11(2)16(3)10-6-9-15-12-7-4-5-8-13(12)19(14,17)18/h4-5,7-8,11,15H,6,9-10H2,1-3H3,(H2,14,17,18). The van der Waals surface area contributed by atoms with Crippen LogP contribution in [0.5, 0.6) is 0 Å². The van der Waals surface area contributed by atoms with E-state index in [-0.39, 0.29) is 4.90 Å². The van der Waals surface area contributed by atoms with Crippen LogP contribution in [0.1, 0.15) is 20.3 Å². The fraction of sp³-hybridized carbons (Fsp3) is 0.538. The van der Waals surface area contributed by atoms with E-state index in [0.717, 1.165) is 13.0 Å². The van der Waals surface area contributed by atoms with Crippen LogP contribution in [0.4, 0.5) is 5.69 Å². The van der Waals surface area contributed by atoms with Gasteiger partial charge in [-0.3, -0.25) is 0 Å². The summed E-state index contributed by atoms with van der Waals surface area (Å²) < 4.78 is 22.8. The van der Waals surface area contributed by atoms with Gasteiger partial charge in [0.15, 0.2) is 0 Å². The van der Waals surface area contributed by atoms with Crippen molar-refractivity contribution in [3.05, 3.63) is 24.3 Å². The van der Waals surface area contributed by atoms with Gasteiger partial charge in [0.1, 0.15) is 4.90 Å². The molecule has 0 amide bonds. The second kappa shape index (κ2) is 6.88. The van der Waals surface area contributed by atoms with Crippen molar-refractivity contribution in [2.45, 2.75) is 31.2 Å². The fourth-order valence-corrected chi connectivity index (χ4v) is 2.39. The molecule has 3 N–H and O–H groups in total. The minimum absolute atomic E-state index is 0.146. The highest BCUT2D eigenvalue weighted by Crippen LogP contribution is 2.18. The van der Waals surface area contributed by atoms with E-state index in [1.807, 2.05) is 0 Å². The summed E-state index contributed by atoms with van der Waals surface area (Å²) in [4.78, 5) is 2.39. The third-order valence-corrected chi connectivity index (χ3v) is 4.05. The average Bonchev–Trinajstić information content (AvgIpc) is 2.33. The Morgan fingerprint density at radius 2 is 1.95 bits per heavy atom. The van der Waals surface area contributed by atoms with Gasteiger partial charge in [-0.2, -0.15) is 0 Å². The van der Waals surface area contributed by atoms with Crippen molar-refractivity contribution in [2.24, 2.45) is 5.14 Å². The van der Waals surface area contributed by atoms with Gasteiger partial charge in [-0.05, 0) is 46.0 Å². The summed E-state index contributed by atoms with van der Waals surface area (Å²) in [6.07, 6.45) is 0.938. The lowest BCUT2D eigenvalue weighted by Gasteiger charge is -2.21. The van der Waals surface area contributed by atoms with Crippen LogP contribution < -0.4 is 10.5 Å². The van der Waals surface area contributed by atoms with Gasteiger partial charge in [-0.1, -0.05) is 12.1 Å². The summed E-state index contributed by atoms with van der Waals surface area (Å²) in [6.45, 7) is 5.96. The maximum absolute atomic E-state index is 11.4. The zero-order valence-corrected chi connectivity index (χ0v) is 12.6. The molecule has 108 valence electrons. The maximum atomic E-state index is 11.4. The minimum atomic E-state index is -3.67. The number of rotatable bonds is 7. The van der Waals surface area contributed by atoms with Crippen LogP contribution in [0.3, 0.4) is 0 Å². The fourth-order valence-electron chi connectivity index (χ4n) is 1.67. The van der Waals surface area contributed by atoms with E-state index in [1.165, 1.54) is 6.07 Å². The van der Waals surface area contributed by atoms with Gasteiger partial charge >= 0.3 is 0 Å². The molecule has 0 saturated heterocycles. The van der Waals surface area contributed by atoms with Crippen molar-refractivity contribution in [3.63, 3.8) is 0 Å². The summed E-state index contributed by atoms with van der Waals surface area (Å²) in [5.74, 6) is 0. The highest BCUT2D eigenvalue weighted by Gasteiger charge is 2.12. The lowest BCUT2D eigenvalue weighted by Crippen LogP contribution is -2.28. The van der Waals surface area contributed by atoms with Gasteiger partial charge in [0.2, 0.25) is 10.0 Å². The number of sulfonamides is 1. The maximum Gasteiger partial charge on any atom is 0.240 e. The van der Waals surface area contributed by atoms with E-state index >= 15 is 0 Å². The molecule has 0 aliphatic rings. The topological polar surface area (TPSA) is 75.4 Å². The van der Waals surface area contributed by atoms with Crippen LogP contribution in [0, 0.1) is 0 Å². The van der Waals surface area contributed by atoms with E-state index in [0.29, 0.717) is 18.3 Å². The molecule has 1 aromatic rings. The first-order valence-electron chi connectivity index (χ1n) is 6.38. The number of hydrogen-bond donors (Lipinski definition) is 2. The zero-order valence-electron chi connectivity index (χ0n) is 11.8. The molecule has 0 saturated carbocycles. The molecule has 0 unspecified atom stereocenters. The molecule has 5 nitrogen and oxygen atoms in total. The first-order chi connectivity index (χ1) is 8.82. The Morgan fingerprint density at radius 3 is 2.53 bits per heavy atom. The summed E-state index contributed by atoms with van der Waals surface area (Å²) in [5, 5.41) is 8.30. The molecule has 1 rings (SSSR count). The second-order valence-electron chi connectivity index (χ2n) is 4.90. The van der Waals surface area contributed by atoms with Crippen LogP contribution in [0.15, 0.2) is 29.2 Å². The molecule has 0 fully saturated rings. The Kier molecular flexibility index (Phi) is 5.78. The largest absolute Gasteiger partial charge is 0.384 e. The summed E-state index contributed by atoms with van der Waals surface area (Å²) in [5.41, 5.74) is 0.567. The molecule has 0 radical (unpaired) electrons. The molecule has 0 spiro atoms. The molecule has 0 heterocycles. The number of primary sulfonamides is 1. The number of nitrogens with zero attached hydrogens (tertiary/aromatic N) is 1. The summed E-state index contributed by atoms with van der Waals surface area (Å²) in [7, 11) is -1.60. The van der Waals surface area contributed by atoms with Crippen LogP contribution in [-0.2, 0) is 10.0 Å². The first kappa shape index (κ1) is 15.9. The molecule has 0 aromatic heterocycles. The van der Waals surface area contributed by atoms with Gasteiger partial charge in [0.25, 0.3) is 0 Å². The van der Waals surface area contributed by atoms with Crippen LogP contribution >= 0.6 is 0 Å². The van der Waals surface area contributed by atoms with Crippen molar-refractivity contribution < 1.29 is 8.42 Å². The number of nitrogens with one attached hydrogen (secondary N) is 1. The number of hydrogen-bond acceptors (Lipinski definition) is 4. The molecule has 1 aromatic carbocycles. The minimum Gasteiger partial charge on any atom is -0.384 e. The molecule has 6 heteroatoms. The number of anilines is 1. The zero-order chi connectivity index (χ0) is 14.5. The van der Waals surface area contributed by atoms with Gasteiger partial charge in [0, 0.05) is 12.6 Å². The Morgan fingerprint density at radius 1 is 1.32 bits per heavy atom. The Hall–Kier alpha value is -1.11. The predicted molar refractivity (Wildman–Crippen MR) is 78.7 cm³/mol. The molecule has 0 atom stereocenters. The van der Waals surface area contributed by atoms with Crippen LogP contribution in [0.2, 0.25) is 0 Å². The SMILES string of the molecule is CC(C)N(C)CCCNc1ccccc1S(N)(=O)=O. The second-order valence-corrected chi connectivity index (χ2v) is 6.43. The van der Waals surface area contributed by atoms with Crippen molar-refractivity contribution in [1.29, 1.82) is 0 Å². The molecule has 0 bridgehead atoms. The normalized spacial score (nSPS) is 12.1. The van der Waals surface area contributed by atoms with Gasteiger partial charge in [-0.15, -0.1) is 0 Å². The quantitative estimate of drug-likeness (QED) is 0.744. The third kappa shape index (κ3) is 5.18. The molecular formula is C13H23N3O2S. The number of nitrogens with two attached hydrogens (primary N) is 1. The van der Waals surface area contributed by atoms with Gasteiger partial charge in [-0.25, -0.2) is 13.6 Å². The lowest BCUT2D eigenvalue weighted by molar-refractivity contribution is 0.273. The van der Waals surface area contributed by atoms with E-state index in [9.17, 15) is 8.42 Å². The summed E-state index contributed by atoms with van der Waals surface area (Å²) in [6, 6.07) is 7.20. The van der Waals surface area contributed by atoms with Crippen molar-refractivity contribution in [2.75, 3.05) is 25.5 Å². The van der Waals surface area contributed by atoms with Crippen molar-refractivity contribution >= 4 is 15.7 Å². The van der Waals surface area contributed by atoms with Gasteiger partial charge in [0.05, 0.1) is 5.69 Å². The van der Waals surface area contributed by atoms with Crippen LogP contribution in [0.25, 0.3) is 0 Å². The highest BCUT2D eigenvalue weighted by molar-refractivity contribution is 7.89. The summed E-state index contributed by atoms with van der Waals surface area (Å²) >= 11 is 0. The van der Waals surface area contributed by atoms with E-state index < -0.39 is 10.0 Å². The smallest absolute Gasteiger partial charge is 0.240 e. The molecule has 0 aliphatic heterocycles. The predicted octanol–water partition coefficient (Wildman–Crippen LogP) is 1.48. The number of para-hydroxylation sites is 1. The molecule has 19 heavy (non-hydrogen) atoms. The highest BCUT2D eigenvalue weighted by atomic mass is 32.2. The monoisotopic (exact) mass is 285 g/mol. The average molecular weight is 285 g/mol. The van der Waals surface area contributed by atoms with Gasteiger partial charge < -0.3 is 10.2 Å². The Bertz CT molecular complexity index is 500. The Labute approximate surface area is 115 Å². The molecule has 0 aliphatic carbocycles. The lowest BCUT2D eigenvalue weighted by atomic mass is 10.3. The Balaban J connectivity index is 2.55. The van der Waals surface area contributed by atoms with E-state index in [4.69, 9.17) is 5.14 Å². The number of benzene rings is 1. The first-order valence-corrected chi connectivity index (χ1v) is 7.93.